The van der Waals surface area contributed by atoms with Crippen LogP contribution in [0.2, 0.25) is 0 Å². The molecule has 0 radical (unpaired) electrons. The van der Waals surface area contributed by atoms with Crippen molar-refractivity contribution in [2.24, 2.45) is 0 Å². The van der Waals surface area contributed by atoms with Gasteiger partial charge in [-0.2, -0.15) is 0 Å². The molecular weight excluding hydrogens is 252 g/mol. The number of ketones is 1. The molecule has 1 saturated carbocycles. The maximum absolute atomic E-state index is 11.6. The van der Waals surface area contributed by atoms with E-state index in [0.717, 1.165) is 18.8 Å². The van der Waals surface area contributed by atoms with E-state index in [1.54, 1.807) is 0 Å². The van der Waals surface area contributed by atoms with Crippen molar-refractivity contribution in [2.45, 2.75) is 51.2 Å². The number of hydrogen-bond donors (Lipinski definition) is 0. The Morgan fingerprint density at radius 3 is 3.00 bits per heavy atom. The van der Waals surface area contributed by atoms with Crippen molar-refractivity contribution in [2.75, 3.05) is 18.1 Å². The third kappa shape index (κ3) is 2.57. The van der Waals surface area contributed by atoms with Gasteiger partial charge in [0.2, 0.25) is 0 Å². The first-order chi connectivity index (χ1) is 9.79. The first-order valence-electron chi connectivity index (χ1n) is 7.67. The van der Waals surface area contributed by atoms with Gasteiger partial charge in [-0.25, -0.2) is 0 Å². The van der Waals surface area contributed by atoms with E-state index in [2.05, 4.69) is 9.88 Å². The molecule has 2 atom stereocenters. The van der Waals surface area contributed by atoms with Gasteiger partial charge < -0.3 is 9.64 Å². The van der Waals surface area contributed by atoms with Crippen LogP contribution >= 0.6 is 0 Å². The van der Waals surface area contributed by atoms with Gasteiger partial charge in [0.05, 0.1) is 30.6 Å². The van der Waals surface area contributed by atoms with Crippen LogP contribution in [-0.4, -0.2) is 36.1 Å². The number of carbonyl (C=O) groups excluding carboxylic acids is 1. The lowest BCUT2D eigenvalue weighted by molar-refractivity contribution is -0.00870. The normalized spacial score (nSPS) is 26.1. The van der Waals surface area contributed by atoms with E-state index >= 15 is 0 Å². The summed E-state index contributed by atoms with van der Waals surface area (Å²) in [5, 5.41) is 0. The summed E-state index contributed by atoms with van der Waals surface area (Å²) >= 11 is 0. The molecule has 20 heavy (non-hydrogen) atoms. The Balaban J connectivity index is 1.78. The van der Waals surface area contributed by atoms with Crippen LogP contribution in [0.3, 0.4) is 0 Å². The van der Waals surface area contributed by atoms with Gasteiger partial charge in [0, 0.05) is 13.0 Å². The van der Waals surface area contributed by atoms with E-state index in [-0.39, 0.29) is 5.78 Å². The molecule has 108 valence electrons. The summed E-state index contributed by atoms with van der Waals surface area (Å²) in [6.45, 7) is 3.58. The highest BCUT2D eigenvalue weighted by atomic mass is 16.5. The number of ether oxygens (including phenoxy) is 1. The molecule has 2 heterocycles. The van der Waals surface area contributed by atoms with Gasteiger partial charge in [0.25, 0.3) is 0 Å². The molecule has 0 bridgehead atoms. The van der Waals surface area contributed by atoms with E-state index in [1.165, 1.54) is 25.7 Å². The van der Waals surface area contributed by atoms with Crippen LogP contribution in [0.5, 0.6) is 0 Å². The van der Waals surface area contributed by atoms with Gasteiger partial charge >= 0.3 is 0 Å². The number of morpholine rings is 1. The number of anilines is 1. The standard InChI is InChI=1S/C16H22N2O2/c1-2-15(19)13-8-7-12(11-17-13)18-9-10-20-16-6-4-3-5-14(16)18/h7-8,11,14,16H,2-6,9-10H2,1H3. The van der Waals surface area contributed by atoms with Gasteiger partial charge in [-0.3, -0.25) is 9.78 Å². The van der Waals surface area contributed by atoms with Crippen LogP contribution in [0.4, 0.5) is 5.69 Å². The zero-order valence-electron chi connectivity index (χ0n) is 12.0. The fourth-order valence-corrected chi connectivity index (χ4v) is 3.32. The molecule has 1 aromatic heterocycles. The van der Waals surface area contributed by atoms with Gasteiger partial charge in [-0.05, 0) is 25.0 Å². The second-order valence-electron chi connectivity index (χ2n) is 5.63. The smallest absolute Gasteiger partial charge is 0.180 e. The average molecular weight is 274 g/mol. The van der Waals surface area contributed by atoms with E-state index in [0.29, 0.717) is 24.3 Å². The minimum absolute atomic E-state index is 0.106. The number of Topliss-reactive ketones (excluding diaryl/α,β-unsaturated/α-hetero) is 1. The first kappa shape index (κ1) is 13.6. The van der Waals surface area contributed by atoms with E-state index in [1.807, 2.05) is 25.3 Å². The lowest BCUT2D eigenvalue weighted by Crippen LogP contribution is -2.52. The topological polar surface area (TPSA) is 42.4 Å². The maximum atomic E-state index is 11.6. The molecular formula is C16H22N2O2. The summed E-state index contributed by atoms with van der Waals surface area (Å²) in [5.74, 6) is 0.106. The first-order valence-corrected chi connectivity index (χ1v) is 7.67. The highest BCUT2D eigenvalue weighted by Gasteiger charge is 2.34. The Kier molecular flexibility index (Phi) is 4.01. The Morgan fingerprint density at radius 1 is 1.40 bits per heavy atom. The summed E-state index contributed by atoms with van der Waals surface area (Å²) in [4.78, 5) is 18.4. The average Bonchev–Trinajstić information content (AvgIpc) is 2.54. The summed E-state index contributed by atoms with van der Waals surface area (Å²) in [5.41, 5.74) is 1.70. The molecule has 2 fully saturated rings. The van der Waals surface area contributed by atoms with Crippen LogP contribution in [0, 0.1) is 0 Å². The van der Waals surface area contributed by atoms with Crippen LogP contribution in [0.25, 0.3) is 0 Å². The number of hydrogen-bond acceptors (Lipinski definition) is 4. The van der Waals surface area contributed by atoms with E-state index in [4.69, 9.17) is 4.74 Å². The Hall–Kier alpha value is -1.42. The Bertz CT molecular complexity index is 470. The Morgan fingerprint density at radius 2 is 2.25 bits per heavy atom. The summed E-state index contributed by atoms with van der Waals surface area (Å²) < 4.78 is 5.90. The zero-order valence-corrected chi connectivity index (χ0v) is 12.0. The molecule has 2 aliphatic rings. The highest BCUT2D eigenvalue weighted by Crippen LogP contribution is 2.31. The highest BCUT2D eigenvalue weighted by molar-refractivity contribution is 5.94. The minimum atomic E-state index is 0.106. The quantitative estimate of drug-likeness (QED) is 0.795. The molecule has 1 aliphatic carbocycles. The minimum Gasteiger partial charge on any atom is -0.374 e. The van der Waals surface area contributed by atoms with Crippen molar-refractivity contribution >= 4 is 11.5 Å². The summed E-state index contributed by atoms with van der Waals surface area (Å²) in [7, 11) is 0. The Labute approximate surface area is 120 Å². The number of pyridine rings is 1. The number of rotatable bonds is 3. The summed E-state index contributed by atoms with van der Waals surface area (Å²) in [6.07, 6.45) is 7.64. The van der Waals surface area contributed by atoms with Crippen LogP contribution in [0.15, 0.2) is 18.3 Å². The van der Waals surface area contributed by atoms with Gasteiger partial charge in [0.1, 0.15) is 5.69 Å². The van der Waals surface area contributed by atoms with E-state index in [9.17, 15) is 4.79 Å². The van der Waals surface area contributed by atoms with Gasteiger partial charge in [0.15, 0.2) is 5.78 Å². The predicted molar refractivity (Wildman–Crippen MR) is 78.2 cm³/mol. The second-order valence-corrected chi connectivity index (χ2v) is 5.63. The van der Waals surface area contributed by atoms with Crippen LogP contribution in [-0.2, 0) is 4.74 Å². The number of fused-ring (bicyclic) bond motifs is 1. The molecule has 4 heteroatoms. The molecule has 3 rings (SSSR count). The molecule has 0 amide bonds. The van der Waals surface area contributed by atoms with Crippen LogP contribution < -0.4 is 4.90 Å². The van der Waals surface area contributed by atoms with Crippen molar-refractivity contribution in [3.05, 3.63) is 24.0 Å². The second kappa shape index (κ2) is 5.92. The lowest BCUT2D eigenvalue weighted by Gasteiger charge is -2.45. The molecule has 2 unspecified atom stereocenters. The molecule has 0 spiro atoms. The molecule has 1 saturated heterocycles. The van der Waals surface area contributed by atoms with Gasteiger partial charge in [-0.1, -0.05) is 19.8 Å². The zero-order chi connectivity index (χ0) is 13.9. The fraction of sp³-hybridized carbons (Fsp3) is 0.625. The largest absolute Gasteiger partial charge is 0.374 e. The fourth-order valence-electron chi connectivity index (χ4n) is 3.32. The molecule has 0 aromatic carbocycles. The third-order valence-corrected chi connectivity index (χ3v) is 4.42. The van der Waals surface area contributed by atoms with Crippen molar-refractivity contribution in [1.82, 2.24) is 4.98 Å². The number of nitrogens with zero attached hydrogens (tertiary/aromatic N) is 2. The lowest BCUT2D eigenvalue weighted by atomic mass is 9.90. The predicted octanol–water partition coefficient (Wildman–Crippen LogP) is 2.82. The third-order valence-electron chi connectivity index (χ3n) is 4.42. The number of carbonyl (C=O) groups is 1. The van der Waals surface area contributed by atoms with Crippen molar-refractivity contribution in [1.29, 1.82) is 0 Å². The van der Waals surface area contributed by atoms with Crippen molar-refractivity contribution < 1.29 is 9.53 Å². The number of aromatic nitrogens is 1. The summed E-state index contributed by atoms with van der Waals surface area (Å²) in [6, 6.07) is 4.37. The molecule has 1 aromatic rings. The molecule has 4 nitrogen and oxygen atoms in total. The monoisotopic (exact) mass is 274 g/mol. The van der Waals surface area contributed by atoms with Crippen molar-refractivity contribution in [3.63, 3.8) is 0 Å². The SMILES string of the molecule is CCC(=O)c1ccc(N2CCOC3CCCCC32)cn1. The van der Waals surface area contributed by atoms with Gasteiger partial charge in [-0.15, -0.1) is 0 Å². The van der Waals surface area contributed by atoms with Crippen LogP contribution in [0.1, 0.15) is 49.5 Å². The molecule has 1 aliphatic heterocycles. The maximum Gasteiger partial charge on any atom is 0.180 e. The van der Waals surface area contributed by atoms with Crippen molar-refractivity contribution in [3.8, 4) is 0 Å². The molecule has 0 N–H and O–H groups in total. The van der Waals surface area contributed by atoms with E-state index < -0.39 is 0 Å².